The lowest BCUT2D eigenvalue weighted by atomic mass is 10.1. The summed E-state index contributed by atoms with van der Waals surface area (Å²) in [6, 6.07) is 9.26. The smallest absolute Gasteiger partial charge is 0.339 e. The highest BCUT2D eigenvalue weighted by atomic mass is 16.6. The highest BCUT2D eigenvalue weighted by Gasteiger charge is 2.13. The first-order valence-electron chi connectivity index (χ1n) is 7.89. The number of fused-ring (bicyclic) bond motifs is 1. The number of benzene rings is 2. The summed E-state index contributed by atoms with van der Waals surface area (Å²) in [6.45, 7) is 2.77. The lowest BCUT2D eigenvalue weighted by molar-refractivity contribution is -0.111. The van der Waals surface area contributed by atoms with Gasteiger partial charge in [-0.15, -0.1) is 0 Å². The number of carbonyl (C=O) groups excluding carboxylic acids is 1. The maximum atomic E-state index is 12.2. The van der Waals surface area contributed by atoms with Gasteiger partial charge in [0, 0.05) is 11.8 Å². The molecule has 1 heterocycles. The number of hydrogen-bond donors (Lipinski definition) is 3. The van der Waals surface area contributed by atoms with E-state index in [-0.39, 0.29) is 17.0 Å². The van der Waals surface area contributed by atoms with E-state index in [9.17, 15) is 14.7 Å². The average Bonchev–Trinajstić information content (AvgIpc) is 2.62. The van der Waals surface area contributed by atoms with E-state index in [1.807, 2.05) is 6.07 Å². The molecule has 1 aliphatic rings. The molecule has 1 aliphatic heterocycles. The van der Waals surface area contributed by atoms with E-state index in [2.05, 4.69) is 5.32 Å². The van der Waals surface area contributed by atoms with Gasteiger partial charge in [-0.2, -0.15) is 0 Å². The predicted octanol–water partition coefficient (Wildman–Crippen LogP) is 2.90. The van der Waals surface area contributed by atoms with Crippen LogP contribution in [-0.2, 0) is 4.79 Å². The van der Waals surface area contributed by atoms with Crippen LogP contribution >= 0.6 is 0 Å². The molecule has 0 bridgehead atoms. The normalized spacial score (nSPS) is 13.2. The number of allylic oxidation sites excluding steroid dienone is 1. The Hall–Kier alpha value is -3.48. The molecule has 0 atom stereocenters. The molecule has 0 radical (unpaired) electrons. The molecule has 3 N–H and O–H groups in total. The third-order valence-electron chi connectivity index (χ3n) is 3.84. The number of amides is 1. The Morgan fingerprint density at radius 1 is 1.08 bits per heavy atom. The van der Waals surface area contributed by atoms with Gasteiger partial charge in [0.2, 0.25) is 5.91 Å². The Labute approximate surface area is 149 Å². The zero-order valence-corrected chi connectivity index (χ0v) is 14.0. The second-order valence-electron chi connectivity index (χ2n) is 5.71. The van der Waals surface area contributed by atoms with Crippen molar-refractivity contribution in [2.24, 2.45) is 0 Å². The maximum Gasteiger partial charge on any atom is 0.339 e. The van der Waals surface area contributed by atoms with Crippen molar-refractivity contribution >= 4 is 23.1 Å². The fraction of sp³-hybridized carbons (Fsp3) is 0.158. The molecule has 0 saturated carbocycles. The Balaban J connectivity index is 1.76. The summed E-state index contributed by atoms with van der Waals surface area (Å²) in [4.78, 5) is 23.2. The Morgan fingerprint density at radius 2 is 1.81 bits per heavy atom. The minimum atomic E-state index is -1.28. The first-order chi connectivity index (χ1) is 12.4. The molecule has 7 nitrogen and oxygen atoms in total. The number of aromatic carboxylic acids is 1. The quantitative estimate of drug-likeness (QED) is 0.575. The number of rotatable bonds is 4. The molecule has 0 aromatic heterocycles. The minimum Gasteiger partial charge on any atom is -0.507 e. The van der Waals surface area contributed by atoms with Crippen LogP contribution in [0, 0.1) is 0 Å². The minimum absolute atomic E-state index is 0.274. The second-order valence-corrected chi connectivity index (χ2v) is 5.71. The van der Waals surface area contributed by atoms with Crippen LogP contribution in [0.4, 0.5) is 5.69 Å². The third-order valence-corrected chi connectivity index (χ3v) is 3.84. The topological polar surface area (TPSA) is 105 Å². The highest BCUT2D eigenvalue weighted by molar-refractivity contribution is 6.04. The van der Waals surface area contributed by atoms with Crippen molar-refractivity contribution in [3.63, 3.8) is 0 Å². The third kappa shape index (κ3) is 3.77. The maximum absolute atomic E-state index is 12.2. The number of aromatic hydroxyl groups is 1. The number of carbonyl (C=O) groups is 2. The van der Waals surface area contributed by atoms with Crippen molar-refractivity contribution < 1.29 is 29.3 Å². The molecule has 7 heteroatoms. The van der Waals surface area contributed by atoms with E-state index in [0.29, 0.717) is 30.3 Å². The summed E-state index contributed by atoms with van der Waals surface area (Å²) in [5.74, 6) is -0.756. The van der Waals surface area contributed by atoms with Gasteiger partial charge in [-0.05, 0) is 48.4 Å². The molecule has 134 valence electrons. The zero-order chi connectivity index (χ0) is 18.7. The summed E-state index contributed by atoms with van der Waals surface area (Å²) in [5, 5.41) is 21.1. The summed E-state index contributed by atoms with van der Waals surface area (Å²) < 4.78 is 11.0. The average molecular weight is 355 g/mol. The van der Waals surface area contributed by atoms with Crippen LogP contribution in [-0.4, -0.2) is 35.3 Å². The van der Waals surface area contributed by atoms with Gasteiger partial charge in [0.05, 0.1) is 0 Å². The van der Waals surface area contributed by atoms with Gasteiger partial charge in [-0.25, -0.2) is 4.79 Å². The van der Waals surface area contributed by atoms with Gasteiger partial charge >= 0.3 is 5.97 Å². The van der Waals surface area contributed by atoms with Crippen molar-refractivity contribution in [1.82, 2.24) is 0 Å². The highest BCUT2D eigenvalue weighted by Crippen LogP contribution is 2.32. The van der Waals surface area contributed by atoms with Crippen LogP contribution in [0.3, 0.4) is 0 Å². The van der Waals surface area contributed by atoms with Crippen LogP contribution in [0.1, 0.15) is 22.8 Å². The molecule has 1 amide bonds. The van der Waals surface area contributed by atoms with E-state index in [0.717, 1.165) is 5.56 Å². The lowest BCUT2D eigenvalue weighted by Crippen LogP contribution is -2.15. The Kier molecular flexibility index (Phi) is 4.79. The number of carboxylic acid groups (broad SMARTS) is 1. The van der Waals surface area contributed by atoms with Gasteiger partial charge < -0.3 is 25.0 Å². The fourth-order valence-electron chi connectivity index (χ4n) is 2.53. The monoisotopic (exact) mass is 355 g/mol. The Bertz CT molecular complexity index is 903. The van der Waals surface area contributed by atoms with Crippen LogP contribution in [0.25, 0.3) is 5.57 Å². The predicted molar refractivity (Wildman–Crippen MR) is 94.8 cm³/mol. The molecule has 0 unspecified atom stereocenters. The van der Waals surface area contributed by atoms with E-state index < -0.39 is 11.9 Å². The summed E-state index contributed by atoms with van der Waals surface area (Å²) in [7, 11) is 0. The number of anilines is 1. The van der Waals surface area contributed by atoms with Gasteiger partial charge in [0.15, 0.2) is 11.5 Å². The van der Waals surface area contributed by atoms with E-state index in [4.69, 9.17) is 14.6 Å². The molecule has 2 aromatic carbocycles. The van der Waals surface area contributed by atoms with Crippen molar-refractivity contribution in [3.8, 4) is 17.2 Å². The molecule has 0 aliphatic carbocycles. The SMILES string of the molecule is CC(=CC(=O)Nc1ccc(O)c(C(=O)O)c1)c1ccc2c(c1)OCCO2. The van der Waals surface area contributed by atoms with Crippen LogP contribution < -0.4 is 14.8 Å². The number of ether oxygens (including phenoxy) is 2. The molecular formula is C19H17NO6. The molecule has 2 aromatic rings. The first kappa shape index (κ1) is 17.3. The van der Waals surface area contributed by atoms with Crippen molar-refractivity contribution in [2.45, 2.75) is 6.92 Å². The zero-order valence-electron chi connectivity index (χ0n) is 14.0. The van der Waals surface area contributed by atoms with Gasteiger partial charge in [0.25, 0.3) is 0 Å². The van der Waals surface area contributed by atoms with Crippen LogP contribution in [0.2, 0.25) is 0 Å². The van der Waals surface area contributed by atoms with Crippen molar-refractivity contribution in [3.05, 3.63) is 53.6 Å². The summed E-state index contributed by atoms with van der Waals surface area (Å²) in [6.07, 6.45) is 1.40. The molecule has 0 fully saturated rings. The van der Waals surface area contributed by atoms with E-state index >= 15 is 0 Å². The van der Waals surface area contributed by atoms with Crippen molar-refractivity contribution in [1.29, 1.82) is 0 Å². The first-order valence-corrected chi connectivity index (χ1v) is 7.89. The lowest BCUT2D eigenvalue weighted by Gasteiger charge is -2.19. The van der Waals surface area contributed by atoms with E-state index in [1.54, 1.807) is 19.1 Å². The number of nitrogens with one attached hydrogen (secondary N) is 1. The molecular weight excluding hydrogens is 338 g/mol. The summed E-state index contributed by atoms with van der Waals surface area (Å²) in [5.41, 5.74) is 1.50. The van der Waals surface area contributed by atoms with Gasteiger partial charge in [0.1, 0.15) is 24.5 Å². The standard InChI is InChI=1S/C19H17NO6/c1-11(12-2-5-16-17(9-12)26-7-6-25-16)8-18(22)20-13-3-4-15(21)14(10-13)19(23)24/h2-5,8-10,21H,6-7H2,1H3,(H,20,22)(H,23,24). The molecule has 3 rings (SSSR count). The second kappa shape index (κ2) is 7.18. The van der Waals surface area contributed by atoms with E-state index in [1.165, 1.54) is 24.3 Å². The van der Waals surface area contributed by atoms with Gasteiger partial charge in [-0.3, -0.25) is 4.79 Å². The van der Waals surface area contributed by atoms with Crippen molar-refractivity contribution in [2.75, 3.05) is 18.5 Å². The Morgan fingerprint density at radius 3 is 2.54 bits per heavy atom. The molecule has 26 heavy (non-hydrogen) atoms. The molecule has 0 spiro atoms. The number of hydrogen-bond acceptors (Lipinski definition) is 5. The molecule has 0 saturated heterocycles. The van der Waals surface area contributed by atoms with Gasteiger partial charge in [-0.1, -0.05) is 6.07 Å². The largest absolute Gasteiger partial charge is 0.507 e. The fourth-order valence-corrected chi connectivity index (χ4v) is 2.53. The summed E-state index contributed by atoms with van der Waals surface area (Å²) >= 11 is 0. The van der Waals surface area contributed by atoms with Crippen LogP contribution in [0.15, 0.2) is 42.5 Å². The number of phenols is 1. The number of carboxylic acids is 1. The van der Waals surface area contributed by atoms with Crippen LogP contribution in [0.5, 0.6) is 17.2 Å².